The molecule has 0 spiro atoms. The van der Waals surface area contributed by atoms with Crippen molar-refractivity contribution in [1.82, 2.24) is 0 Å². The number of nitrogens with zero attached hydrogens (tertiary/aromatic N) is 4. The summed E-state index contributed by atoms with van der Waals surface area (Å²) in [6.45, 7) is 16.6. The van der Waals surface area contributed by atoms with E-state index in [1.165, 1.54) is 19.1 Å². The Morgan fingerprint density at radius 2 is 1.25 bits per heavy atom. The van der Waals surface area contributed by atoms with Crippen LogP contribution in [-0.2, 0) is 18.8 Å². The molecule has 36 heavy (non-hydrogen) atoms. The first-order chi connectivity index (χ1) is 16.7. The average molecular weight is 543 g/mol. The van der Waals surface area contributed by atoms with Gasteiger partial charge in [-0.15, -0.1) is 0 Å². The molecule has 0 saturated carbocycles. The quantitative estimate of drug-likeness (QED) is 0.220. The Morgan fingerprint density at radius 1 is 0.861 bits per heavy atom. The summed E-state index contributed by atoms with van der Waals surface area (Å²) in [4.78, 5) is 6.28. The van der Waals surface area contributed by atoms with Gasteiger partial charge in [0.05, 0.1) is 51.7 Å². The van der Waals surface area contributed by atoms with Crippen LogP contribution in [0.15, 0.2) is 12.1 Å². The van der Waals surface area contributed by atoms with Crippen molar-refractivity contribution < 1.29 is 44.5 Å². The predicted molar refractivity (Wildman–Crippen MR) is 125 cm³/mol. The highest BCUT2D eigenvalue weighted by Crippen LogP contribution is 2.34. The number of rotatable bonds is 12. The van der Waals surface area contributed by atoms with Crippen molar-refractivity contribution >= 4 is 32.9 Å². The van der Waals surface area contributed by atoms with E-state index >= 15 is 0 Å². The molecule has 0 aliphatic heterocycles. The Balaban J connectivity index is 3.47. The lowest BCUT2D eigenvalue weighted by Crippen LogP contribution is -2.24. The van der Waals surface area contributed by atoms with Crippen molar-refractivity contribution in [1.29, 1.82) is 10.5 Å². The highest BCUT2D eigenvalue weighted by Gasteiger charge is 2.17. The molecule has 0 radical (unpaired) electrons. The lowest BCUT2D eigenvalue weighted by molar-refractivity contribution is 0.148. The normalized spacial score (nSPS) is 15.2. The predicted octanol–water partition coefficient (Wildman–Crippen LogP) is 1.79. The van der Waals surface area contributed by atoms with Gasteiger partial charge in [0.25, 0.3) is 11.4 Å². The van der Waals surface area contributed by atoms with Crippen LogP contribution >= 0.6 is 11.2 Å². The van der Waals surface area contributed by atoms with E-state index < -0.39 is 51.4 Å². The van der Waals surface area contributed by atoms with E-state index in [1.807, 2.05) is 0 Å². The summed E-state index contributed by atoms with van der Waals surface area (Å²) in [5, 5.41) is 18.7. The molecule has 1 aromatic carbocycles. The highest BCUT2D eigenvalue weighted by molar-refractivity contribution is 8.15. The van der Waals surface area contributed by atoms with E-state index in [0.29, 0.717) is 0 Å². The lowest BCUT2D eigenvalue weighted by Gasteiger charge is -2.21. The van der Waals surface area contributed by atoms with E-state index in [4.69, 9.17) is 40.8 Å². The first-order valence-corrected chi connectivity index (χ1v) is 12.5. The molecule has 0 aliphatic rings. The largest absolute Gasteiger partial charge is 0.494 e. The fourth-order valence-corrected chi connectivity index (χ4v) is 3.25. The van der Waals surface area contributed by atoms with Crippen LogP contribution in [0.1, 0.15) is 13.8 Å². The number of hydrogen-bond acceptors (Lipinski definition) is 11. The second kappa shape index (κ2) is 13.6. The van der Waals surface area contributed by atoms with Crippen LogP contribution < -0.4 is 19.9 Å². The molecule has 1 aromatic rings. The minimum absolute atomic E-state index is 0.0325. The first kappa shape index (κ1) is 30.6. The molecular weight excluding hydrogens is 520 g/mol. The van der Waals surface area contributed by atoms with Crippen LogP contribution in [0.25, 0.3) is 21.1 Å². The molecule has 2 atom stereocenters. The molecule has 0 aromatic heterocycles. The van der Waals surface area contributed by atoms with Gasteiger partial charge in [0.1, 0.15) is 11.5 Å². The molecule has 0 fully saturated rings. The van der Waals surface area contributed by atoms with Gasteiger partial charge in [0.2, 0.25) is 11.2 Å². The lowest BCUT2D eigenvalue weighted by atomic mass is 10.1. The third-order valence-corrected chi connectivity index (χ3v) is 4.97. The van der Waals surface area contributed by atoms with Crippen molar-refractivity contribution in [3.05, 3.63) is 45.4 Å². The molecule has 0 bridgehead atoms. The van der Waals surface area contributed by atoms with E-state index in [2.05, 4.69) is 18.1 Å². The van der Waals surface area contributed by atoms with E-state index in [1.54, 1.807) is 19.1 Å². The van der Waals surface area contributed by atoms with E-state index in [-0.39, 0.29) is 41.8 Å². The van der Waals surface area contributed by atoms with Gasteiger partial charge in [-0.2, -0.15) is 8.42 Å². The van der Waals surface area contributed by atoms with Gasteiger partial charge in [-0.25, -0.2) is 24.4 Å². The molecule has 4 N–H and O–H groups in total. The number of benzene rings is 1. The van der Waals surface area contributed by atoms with Crippen molar-refractivity contribution in [2.45, 2.75) is 13.8 Å². The fraction of sp³-hybridized carbons (Fsp3) is 0.400. The molecule has 0 amide bonds. The molecule has 14 nitrogen and oxygen atoms in total. The molecular formula is C20H22N4O10S2. The summed E-state index contributed by atoms with van der Waals surface area (Å²) in [6.07, 6.45) is 0. The van der Waals surface area contributed by atoms with Gasteiger partial charge < -0.3 is 9.47 Å². The van der Waals surface area contributed by atoms with Crippen molar-refractivity contribution in [2.24, 2.45) is 11.8 Å². The van der Waals surface area contributed by atoms with Gasteiger partial charge in [0.15, 0.2) is 0 Å². The monoisotopic (exact) mass is 542 g/mol. The molecule has 0 heterocycles. The van der Waals surface area contributed by atoms with Crippen molar-refractivity contribution in [3.8, 4) is 23.6 Å². The second-order valence-electron chi connectivity index (χ2n) is 7.29. The Bertz CT molecular complexity index is 1310. The maximum absolute atomic E-state index is 10.8. The van der Waals surface area contributed by atoms with Gasteiger partial charge in [0, 0.05) is 22.3 Å². The van der Waals surface area contributed by atoms with Gasteiger partial charge in [-0.3, -0.25) is 22.4 Å². The Hall–Kier alpha value is -3.42. The maximum Gasteiger partial charge on any atom is 0.397 e. The first-order valence-electron chi connectivity index (χ1n) is 9.74. The summed E-state index contributed by atoms with van der Waals surface area (Å²) >= 11 is -4.18. The van der Waals surface area contributed by atoms with Gasteiger partial charge in [-0.1, -0.05) is 13.8 Å². The number of hydrogen-bond donors (Lipinski definition) is 4. The second-order valence-corrected chi connectivity index (χ2v) is 9.55. The smallest absolute Gasteiger partial charge is 0.397 e. The molecule has 0 aliphatic carbocycles. The number of nitriles is 2. The third kappa shape index (κ3) is 10.5. The van der Waals surface area contributed by atoms with Gasteiger partial charge >= 0.3 is 10.4 Å². The zero-order valence-electron chi connectivity index (χ0n) is 19.0. The maximum atomic E-state index is 10.8. The average Bonchev–Trinajstić information content (AvgIpc) is 2.80. The molecule has 16 heteroatoms. The molecule has 0 saturated heterocycles. The zero-order valence-corrected chi connectivity index (χ0v) is 20.6. The van der Waals surface area contributed by atoms with Crippen molar-refractivity contribution in [2.75, 3.05) is 26.4 Å². The Morgan fingerprint density at radius 3 is 1.56 bits per heavy atom. The van der Waals surface area contributed by atoms with Crippen LogP contribution in [0.4, 0.5) is 0 Å². The van der Waals surface area contributed by atoms with Crippen LogP contribution in [0.3, 0.4) is 0 Å². The third-order valence-electron chi connectivity index (χ3n) is 4.09. The molecule has 2 unspecified atom stereocenters. The summed E-state index contributed by atoms with van der Waals surface area (Å²) in [5.74, 6) is -1.24. The standard InChI is InChI=1S/C20H22N4O10S2/c1-13(11-33-35(25,26)27)9-31-19-5-16(18(8-22)24-4)20(6-15(19)17(7-21)23-3)32-10-14(2)12-34-36(28,29)30/h5-6,13-14,25-27H,9-12H2,1-2H3,(H,28,29,30)/b17-15-,18-16+. The minimum atomic E-state index is -4.67. The van der Waals surface area contributed by atoms with Gasteiger partial charge in [-0.05, 0) is 12.1 Å². The summed E-state index contributed by atoms with van der Waals surface area (Å²) in [5.41, 5.74) is -0.811. The zero-order chi connectivity index (χ0) is 27.5. The van der Waals surface area contributed by atoms with Crippen LogP contribution in [0.2, 0.25) is 0 Å². The van der Waals surface area contributed by atoms with Crippen LogP contribution in [0, 0.1) is 47.6 Å². The Kier molecular flexibility index (Phi) is 11.6. The van der Waals surface area contributed by atoms with Crippen molar-refractivity contribution in [3.63, 3.8) is 0 Å². The van der Waals surface area contributed by atoms with E-state index in [0.717, 1.165) is 0 Å². The van der Waals surface area contributed by atoms with Crippen LogP contribution in [0.5, 0.6) is 11.5 Å². The number of ether oxygens (including phenoxy) is 2. The SMILES string of the molecule is [C-]#[N+]/C(C#N)=c1/cc(OCC(C)COS(=O)(=O)O)/c(=C(\C#N)[N+]#[C-])cc1OCC(C)COS(O)(O)O. The molecule has 1 rings (SSSR count). The fourth-order valence-electron chi connectivity index (χ4n) is 2.43. The molecule has 194 valence electrons. The topological polar surface area (TPSA) is 208 Å². The van der Waals surface area contributed by atoms with Crippen LogP contribution in [-0.4, -0.2) is 53.1 Å². The summed E-state index contributed by atoms with van der Waals surface area (Å²) in [6, 6.07) is 5.84. The summed E-state index contributed by atoms with van der Waals surface area (Å²) < 4.78 is 77.0. The summed E-state index contributed by atoms with van der Waals surface area (Å²) in [7, 11) is -4.67. The minimum Gasteiger partial charge on any atom is -0.494 e. The van der Waals surface area contributed by atoms with E-state index in [9.17, 15) is 18.9 Å². The Labute approximate surface area is 209 Å². The highest BCUT2D eigenvalue weighted by atomic mass is 32.3.